The van der Waals surface area contributed by atoms with E-state index < -0.39 is 53.8 Å². The van der Waals surface area contributed by atoms with E-state index in [9.17, 15) is 28.2 Å². The molecule has 0 unspecified atom stereocenters. The fraction of sp³-hybridized carbons (Fsp3) is 0.471. The predicted molar refractivity (Wildman–Crippen MR) is 95.4 cm³/mol. The molecule has 2 N–H and O–H groups in total. The Hall–Kier alpha value is -1.99. The van der Waals surface area contributed by atoms with Crippen LogP contribution in [0.1, 0.15) is 6.04 Å². The van der Waals surface area contributed by atoms with Crippen LogP contribution in [0.2, 0.25) is 0 Å². The van der Waals surface area contributed by atoms with E-state index >= 15 is 0 Å². The van der Waals surface area contributed by atoms with Crippen molar-refractivity contribution in [2.75, 3.05) is 19.5 Å². The second-order valence-electron chi connectivity index (χ2n) is 6.24. The van der Waals surface area contributed by atoms with Gasteiger partial charge < -0.3 is 24.5 Å². The number of aromatic nitrogens is 3. The fourth-order valence-corrected chi connectivity index (χ4v) is 4.09. The number of aliphatic hydroxyl groups is 2. The quantitative estimate of drug-likeness (QED) is 0.491. The number of carbonyl (C=O) groups is 1. The molecule has 2 heterocycles. The number of nitrogens with zero attached hydrogens (tertiary/aromatic N) is 3. The van der Waals surface area contributed by atoms with Crippen LogP contribution in [0.15, 0.2) is 18.3 Å². The van der Waals surface area contributed by atoms with Crippen molar-refractivity contribution in [3.8, 4) is 11.3 Å². The molecule has 0 amide bonds. The molecule has 0 bridgehead atoms. The number of carbonyl (C=O) groups excluding carboxylic acids is 1. The van der Waals surface area contributed by atoms with Gasteiger partial charge in [-0.25, -0.2) is 17.9 Å². The number of hydrogen-bond donors (Lipinski definition) is 2. The van der Waals surface area contributed by atoms with Gasteiger partial charge in [0.15, 0.2) is 17.5 Å². The first-order valence-corrected chi connectivity index (χ1v) is 9.55. The standard InChI is InChI=1S/C17H18F3N3O5S/c1-27-16-14(15(26)12(7-25)28-17(16)29-3-2-24)23-6-11(21-22-23)8-4-9(18)13(20)10(19)5-8/h2,4-6,12,14-17,25-26H,3,7H2,1H3/t12-,14+,15+,16-,17+/m1/s1. The summed E-state index contributed by atoms with van der Waals surface area (Å²) >= 11 is 1.12. The molecule has 8 nitrogen and oxygen atoms in total. The van der Waals surface area contributed by atoms with Crippen molar-refractivity contribution in [3.63, 3.8) is 0 Å². The lowest BCUT2D eigenvalue weighted by molar-refractivity contribution is -0.186. The molecule has 1 aliphatic rings. The van der Waals surface area contributed by atoms with Crippen LogP contribution in [0.4, 0.5) is 13.2 Å². The molecule has 2 aromatic rings. The molecular weight excluding hydrogens is 415 g/mol. The zero-order chi connectivity index (χ0) is 21.1. The SMILES string of the molecule is CO[C@@H]1[C@@H](n2cc(-c3cc(F)c(F)c(F)c3)nn2)[C@@H](O)[C@@H](CO)O[C@H]1SCC=O. The van der Waals surface area contributed by atoms with Gasteiger partial charge in [-0.05, 0) is 12.1 Å². The molecular formula is C17H18F3N3O5S. The highest BCUT2D eigenvalue weighted by Gasteiger charge is 2.47. The molecule has 1 saturated heterocycles. The van der Waals surface area contributed by atoms with Crippen molar-refractivity contribution in [1.82, 2.24) is 15.0 Å². The van der Waals surface area contributed by atoms with Crippen LogP contribution >= 0.6 is 11.8 Å². The summed E-state index contributed by atoms with van der Waals surface area (Å²) in [6.45, 7) is -0.498. The highest BCUT2D eigenvalue weighted by molar-refractivity contribution is 8.00. The Morgan fingerprint density at radius 1 is 1.34 bits per heavy atom. The Morgan fingerprint density at radius 2 is 2.03 bits per heavy atom. The van der Waals surface area contributed by atoms with Crippen molar-refractivity contribution in [3.05, 3.63) is 35.8 Å². The predicted octanol–water partition coefficient (Wildman–Crippen LogP) is 0.929. The van der Waals surface area contributed by atoms with Gasteiger partial charge in [-0.2, -0.15) is 0 Å². The number of halogens is 3. The average Bonchev–Trinajstić information content (AvgIpc) is 3.19. The monoisotopic (exact) mass is 433 g/mol. The Bertz CT molecular complexity index is 848. The normalized spacial score (nSPS) is 27.2. The molecule has 158 valence electrons. The number of hydrogen-bond acceptors (Lipinski definition) is 8. The average molecular weight is 433 g/mol. The van der Waals surface area contributed by atoms with Gasteiger partial charge in [-0.1, -0.05) is 5.21 Å². The second-order valence-corrected chi connectivity index (χ2v) is 7.38. The van der Waals surface area contributed by atoms with E-state index in [1.54, 1.807) is 0 Å². The first-order chi connectivity index (χ1) is 13.9. The Morgan fingerprint density at radius 3 is 2.62 bits per heavy atom. The van der Waals surface area contributed by atoms with E-state index in [0.717, 1.165) is 23.9 Å². The third-order valence-electron chi connectivity index (χ3n) is 4.52. The van der Waals surface area contributed by atoms with Crippen LogP contribution in [0.25, 0.3) is 11.3 Å². The van der Waals surface area contributed by atoms with Crippen molar-refractivity contribution in [2.45, 2.75) is 29.8 Å². The molecule has 0 radical (unpaired) electrons. The van der Waals surface area contributed by atoms with Crippen LogP contribution < -0.4 is 0 Å². The third kappa shape index (κ3) is 4.31. The zero-order valence-electron chi connectivity index (χ0n) is 15.1. The van der Waals surface area contributed by atoms with E-state index in [1.165, 1.54) is 18.0 Å². The van der Waals surface area contributed by atoms with Crippen molar-refractivity contribution >= 4 is 18.0 Å². The van der Waals surface area contributed by atoms with Gasteiger partial charge in [0.05, 0.1) is 18.6 Å². The maximum absolute atomic E-state index is 13.5. The summed E-state index contributed by atoms with van der Waals surface area (Å²) in [5.41, 5.74) is -0.716. The van der Waals surface area contributed by atoms with E-state index in [-0.39, 0.29) is 17.0 Å². The molecule has 0 saturated carbocycles. The smallest absolute Gasteiger partial charge is 0.194 e. The molecule has 12 heteroatoms. The van der Waals surface area contributed by atoms with Crippen LogP contribution in [0.5, 0.6) is 0 Å². The fourth-order valence-electron chi connectivity index (χ4n) is 3.14. The van der Waals surface area contributed by atoms with Crippen LogP contribution in [0, 0.1) is 17.5 Å². The second kappa shape index (κ2) is 9.22. The van der Waals surface area contributed by atoms with Gasteiger partial charge in [-0.15, -0.1) is 16.9 Å². The molecule has 5 atom stereocenters. The zero-order valence-corrected chi connectivity index (χ0v) is 15.9. The Kier molecular flexibility index (Phi) is 6.90. The molecule has 0 spiro atoms. The van der Waals surface area contributed by atoms with E-state index in [0.29, 0.717) is 6.29 Å². The number of rotatable bonds is 7. The highest BCUT2D eigenvalue weighted by Crippen LogP contribution is 2.36. The topological polar surface area (TPSA) is 107 Å². The molecule has 1 fully saturated rings. The minimum Gasteiger partial charge on any atom is -0.394 e. The lowest BCUT2D eigenvalue weighted by Gasteiger charge is -2.43. The number of thioether (sulfide) groups is 1. The summed E-state index contributed by atoms with van der Waals surface area (Å²) < 4.78 is 52.5. The summed E-state index contributed by atoms with van der Waals surface area (Å²) in [5, 5.41) is 27.9. The van der Waals surface area contributed by atoms with E-state index in [1.807, 2.05) is 0 Å². The maximum Gasteiger partial charge on any atom is 0.194 e. The molecule has 0 aliphatic carbocycles. The van der Waals surface area contributed by atoms with Gasteiger partial charge in [0.2, 0.25) is 0 Å². The summed E-state index contributed by atoms with van der Waals surface area (Å²) in [7, 11) is 1.38. The number of ether oxygens (including phenoxy) is 2. The first kappa shape index (κ1) is 21.7. The van der Waals surface area contributed by atoms with Crippen molar-refractivity contribution in [1.29, 1.82) is 0 Å². The van der Waals surface area contributed by atoms with Gasteiger partial charge >= 0.3 is 0 Å². The largest absolute Gasteiger partial charge is 0.394 e. The lowest BCUT2D eigenvalue weighted by atomic mass is 9.97. The summed E-state index contributed by atoms with van der Waals surface area (Å²) in [6, 6.07) is 0.673. The van der Waals surface area contributed by atoms with Gasteiger partial charge in [0.1, 0.15) is 41.8 Å². The summed E-state index contributed by atoms with van der Waals surface area (Å²) in [6.07, 6.45) is -1.03. The highest BCUT2D eigenvalue weighted by atomic mass is 32.2. The number of benzene rings is 1. The molecule has 1 aliphatic heterocycles. The first-order valence-electron chi connectivity index (χ1n) is 8.50. The van der Waals surface area contributed by atoms with Crippen molar-refractivity contribution in [2.24, 2.45) is 0 Å². The van der Waals surface area contributed by atoms with Gasteiger partial charge in [0.25, 0.3) is 0 Å². The minimum atomic E-state index is -1.60. The van der Waals surface area contributed by atoms with Gasteiger partial charge in [0, 0.05) is 12.7 Å². The maximum atomic E-state index is 13.5. The summed E-state index contributed by atoms with van der Waals surface area (Å²) in [4.78, 5) is 10.7. The third-order valence-corrected chi connectivity index (χ3v) is 5.56. The Balaban J connectivity index is 1.95. The van der Waals surface area contributed by atoms with Crippen LogP contribution in [-0.2, 0) is 14.3 Å². The number of methoxy groups -OCH3 is 1. The van der Waals surface area contributed by atoms with E-state index in [4.69, 9.17) is 9.47 Å². The van der Waals surface area contributed by atoms with Crippen LogP contribution in [-0.4, -0.2) is 74.7 Å². The molecule has 1 aromatic carbocycles. The van der Waals surface area contributed by atoms with Crippen LogP contribution in [0.3, 0.4) is 0 Å². The molecule has 3 rings (SSSR count). The molecule has 29 heavy (non-hydrogen) atoms. The minimum absolute atomic E-state index is 0.0361. The number of aldehydes is 1. The summed E-state index contributed by atoms with van der Waals surface area (Å²) in [5.74, 6) is -4.24. The van der Waals surface area contributed by atoms with E-state index in [2.05, 4.69) is 10.3 Å². The van der Waals surface area contributed by atoms with Gasteiger partial charge in [-0.3, -0.25) is 0 Å². The Labute approximate surface area is 167 Å². The number of aliphatic hydroxyl groups excluding tert-OH is 2. The van der Waals surface area contributed by atoms with Crippen molar-refractivity contribution < 1.29 is 37.7 Å². The lowest BCUT2D eigenvalue weighted by Crippen LogP contribution is -2.55. The molecule has 1 aromatic heterocycles.